The van der Waals surface area contributed by atoms with E-state index < -0.39 is 29.4 Å². The summed E-state index contributed by atoms with van der Waals surface area (Å²) in [5.41, 5.74) is 6.47. The van der Waals surface area contributed by atoms with Crippen LogP contribution in [0.4, 0.5) is 11.8 Å². The number of nitrogens with one attached hydrogen (secondary N) is 1. The predicted molar refractivity (Wildman–Crippen MR) is 80.7 cm³/mol. The molecule has 1 saturated heterocycles. The van der Waals surface area contributed by atoms with Crippen LogP contribution in [-0.2, 0) is 4.74 Å². The first-order chi connectivity index (χ1) is 10.4. The minimum absolute atomic E-state index is 0.0330. The third-order valence-corrected chi connectivity index (χ3v) is 4.31. The molecule has 2 aromatic rings. The molecule has 0 amide bonds. The number of nitrogens with two attached hydrogens (primary N) is 1. The van der Waals surface area contributed by atoms with E-state index in [0.717, 1.165) is 0 Å². The fourth-order valence-corrected chi connectivity index (χ4v) is 2.99. The fourth-order valence-electron chi connectivity index (χ4n) is 2.40. The standard InChI is InChI=1S/C11H14Cl2N6O3/c1-15-7-5-8(18-10(14)17-7)19(3-16-5)9-11(12,13)6(21)4(2-20)22-9/h3-4,6,9,20-21H,2H2,1H3,(H3,14,15,17,18)/t4-,6-,9+/m1/s1. The molecule has 1 aliphatic rings. The lowest BCUT2D eigenvalue weighted by Crippen LogP contribution is -2.37. The van der Waals surface area contributed by atoms with E-state index in [4.69, 9.17) is 33.7 Å². The monoisotopic (exact) mass is 348 g/mol. The van der Waals surface area contributed by atoms with Crippen molar-refractivity contribution < 1.29 is 14.9 Å². The second kappa shape index (κ2) is 5.36. The van der Waals surface area contributed by atoms with Crippen LogP contribution >= 0.6 is 23.2 Å². The van der Waals surface area contributed by atoms with Crippen LogP contribution in [0.15, 0.2) is 6.33 Å². The Kier molecular flexibility index (Phi) is 3.77. The summed E-state index contributed by atoms with van der Waals surface area (Å²) in [6, 6.07) is 0. The lowest BCUT2D eigenvalue weighted by molar-refractivity contribution is -0.0434. The largest absolute Gasteiger partial charge is 0.394 e. The van der Waals surface area contributed by atoms with Gasteiger partial charge < -0.3 is 26.0 Å². The van der Waals surface area contributed by atoms with Gasteiger partial charge in [0, 0.05) is 7.05 Å². The number of halogens is 2. The zero-order valence-electron chi connectivity index (χ0n) is 11.4. The topological polar surface area (TPSA) is 131 Å². The molecule has 0 aromatic carbocycles. The number of alkyl halides is 2. The van der Waals surface area contributed by atoms with Crippen LogP contribution in [0.3, 0.4) is 0 Å². The number of aliphatic hydroxyl groups excluding tert-OH is 2. The van der Waals surface area contributed by atoms with Gasteiger partial charge in [-0.05, 0) is 0 Å². The molecule has 11 heteroatoms. The molecular formula is C11H14Cl2N6O3. The van der Waals surface area contributed by atoms with Crippen LogP contribution in [0.2, 0.25) is 0 Å². The van der Waals surface area contributed by atoms with Gasteiger partial charge in [0.2, 0.25) is 5.95 Å². The van der Waals surface area contributed by atoms with E-state index in [9.17, 15) is 10.2 Å². The molecule has 0 unspecified atom stereocenters. The third kappa shape index (κ3) is 2.17. The van der Waals surface area contributed by atoms with E-state index in [-0.39, 0.29) is 5.95 Å². The summed E-state index contributed by atoms with van der Waals surface area (Å²) in [5.74, 6) is 0.471. The summed E-state index contributed by atoms with van der Waals surface area (Å²) in [4.78, 5) is 12.3. The number of aromatic nitrogens is 4. The minimum Gasteiger partial charge on any atom is -0.394 e. The van der Waals surface area contributed by atoms with Gasteiger partial charge in [0.15, 0.2) is 27.5 Å². The first-order valence-corrected chi connectivity index (χ1v) is 7.15. The number of hydrogen-bond acceptors (Lipinski definition) is 8. The van der Waals surface area contributed by atoms with Crippen molar-refractivity contribution in [1.82, 2.24) is 19.5 Å². The molecule has 3 rings (SSSR count). The highest BCUT2D eigenvalue weighted by atomic mass is 35.5. The highest BCUT2D eigenvalue weighted by Crippen LogP contribution is 2.47. The molecule has 3 atom stereocenters. The molecule has 9 nitrogen and oxygen atoms in total. The van der Waals surface area contributed by atoms with E-state index in [1.807, 2.05) is 0 Å². The van der Waals surface area contributed by atoms with Gasteiger partial charge in [0.05, 0.1) is 12.9 Å². The molecule has 5 N–H and O–H groups in total. The number of imidazole rings is 1. The van der Waals surface area contributed by atoms with Gasteiger partial charge in [0.25, 0.3) is 0 Å². The van der Waals surface area contributed by atoms with Gasteiger partial charge in [-0.1, -0.05) is 23.2 Å². The van der Waals surface area contributed by atoms with Gasteiger partial charge in [-0.3, -0.25) is 4.57 Å². The average molecular weight is 349 g/mol. The van der Waals surface area contributed by atoms with Crippen molar-refractivity contribution in [3.8, 4) is 0 Å². The second-order valence-electron chi connectivity index (χ2n) is 4.83. The summed E-state index contributed by atoms with van der Waals surface area (Å²) < 4.78 is 5.31. The van der Waals surface area contributed by atoms with Crippen molar-refractivity contribution in [2.24, 2.45) is 0 Å². The second-order valence-corrected chi connectivity index (χ2v) is 6.28. The maximum atomic E-state index is 10.1. The Bertz CT molecular complexity index is 708. The molecule has 0 saturated carbocycles. The summed E-state index contributed by atoms with van der Waals surface area (Å²) in [5, 5.41) is 22.2. The van der Waals surface area contributed by atoms with Crippen molar-refractivity contribution in [1.29, 1.82) is 0 Å². The summed E-state index contributed by atoms with van der Waals surface area (Å²) in [6.45, 7) is -0.426. The van der Waals surface area contributed by atoms with Crippen LogP contribution in [0.25, 0.3) is 11.2 Å². The SMILES string of the molecule is CNc1nc(N)nc2c1ncn2[C@H]1O[C@H](CO)[C@@H](O)C1(Cl)Cl. The van der Waals surface area contributed by atoms with E-state index in [2.05, 4.69) is 20.3 Å². The maximum Gasteiger partial charge on any atom is 0.224 e. The lowest BCUT2D eigenvalue weighted by atomic mass is 10.2. The quantitative estimate of drug-likeness (QED) is 0.564. The molecule has 0 bridgehead atoms. The molecule has 1 fully saturated rings. The number of anilines is 2. The Morgan fingerprint density at radius 2 is 2.23 bits per heavy atom. The van der Waals surface area contributed by atoms with E-state index in [1.54, 1.807) is 7.05 Å². The number of nitrogens with zero attached hydrogens (tertiary/aromatic N) is 4. The Morgan fingerprint density at radius 3 is 2.82 bits per heavy atom. The van der Waals surface area contributed by atoms with Crippen LogP contribution in [0.1, 0.15) is 6.23 Å². The summed E-state index contributed by atoms with van der Waals surface area (Å²) in [7, 11) is 1.67. The van der Waals surface area contributed by atoms with Crippen molar-refractivity contribution in [2.45, 2.75) is 22.8 Å². The van der Waals surface area contributed by atoms with Crippen LogP contribution in [0, 0.1) is 0 Å². The van der Waals surface area contributed by atoms with E-state index >= 15 is 0 Å². The number of rotatable bonds is 3. The van der Waals surface area contributed by atoms with Crippen LogP contribution in [-0.4, -0.2) is 59.9 Å². The van der Waals surface area contributed by atoms with Crippen LogP contribution < -0.4 is 11.1 Å². The number of nitrogen functional groups attached to an aromatic ring is 1. The molecule has 22 heavy (non-hydrogen) atoms. The molecule has 2 aromatic heterocycles. The van der Waals surface area contributed by atoms with Crippen molar-refractivity contribution in [3.05, 3.63) is 6.33 Å². The van der Waals surface area contributed by atoms with Crippen LogP contribution in [0.5, 0.6) is 0 Å². The Morgan fingerprint density at radius 1 is 1.50 bits per heavy atom. The molecule has 0 spiro atoms. The maximum absolute atomic E-state index is 10.1. The first kappa shape index (κ1) is 15.5. The highest BCUT2D eigenvalue weighted by Gasteiger charge is 2.55. The normalized spacial score (nSPS) is 27.4. The molecule has 3 heterocycles. The van der Waals surface area contributed by atoms with E-state index in [0.29, 0.717) is 17.0 Å². The number of ether oxygens (including phenoxy) is 1. The van der Waals surface area contributed by atoms with Crippen molar-refractivity contribution in [2.75, 3.05) is 24.7 Å². The fraction of sp³-hybridized carbons (Fsp3) is 0.545. The Labute approximate surface area is 135 Å². The Balaban J connectivity index is 2.13. The van der Waals surface area contributed by atoms with Gasteiger partial charge in [-0.15, -0.1) is 0 Å². The molecular weight excluding hydrogens is 335 g/mol. The van der Waals surface area contributed by atoms with Gasteiger partial charge in [-0.2, -0.15) is 9.97 Å². The zero-order chi connectivity index (χ0) is 16.1. The molecule has 1 aliphatic heterocycles. The van der Waals surface area contributed by atoms with Crippen molar-refractivity contribution in [3.63, 3.8) is 0 Å². The van der Waals surface area contributed by atoms with Gasteiger partial charge >= 0.3 is 0 Å². The number of hydrogen-bond donors (Lipinski definition) is 4. The predicted octanol–water partition coefficient (Wildman–Crippen LogP) is -0.125. The van der Waals surface area contributed by atoms with Gasteiger partial charge in [0.1, 0.15) is 12.2 Å². The smallest absolute Gasteiger partial charge is 0.224 e. The Hall–Kier alpha value is -1.39. The first-order valence-electron chi connectivity index (χ1n) is 6.40. The zero-order valence-corrected chi connectivity index (χ0v) is 13.0. The van der Waals surface area contributed by atoms with Crippen molar-refractivity contribution >= 4 is 46.1 Å². The molecule has 0 radical (unpaired) electrons. The summed E-state index contributed by atoms with van der Waals surface area (Å²) >= 11 is 12.4. The van der Waals surface area contributed by atoms with Gasteiger partial charge in [-0.25, -0.2) is 4.98 Å². The minimum atomic E-state index is -1.68. The highest BCUT2D eigenvalue weighted by molar-refractivity contribution is 6.49. The number of fused-ring (bicyclic) bond motifs is 1. The lowest BCUT2D eigenvalue weighted by Gasteiger charge is -2.23. The average Bonchev–Trinajstić information content (AvgIpc) is 2.98. The molecule has 120 valence electrons. The van der Waals surface area contributed by atoms with E-state index in [1.165, 1.54) is 10.9 Å². The molecule has 0 aliphatic carbocycles. The third-order valence-electron chi connectivity index (χ3n) is 3.49. The number of aliphatic hydroxyl groups is 2. The summed E-state index contributed by atoms with van der Waals surface area (Å²) in [6.07, 6.45) is -1.77.